The molecular weight excluding hydrogens is 382 g/mol. The molecule has 1 amide bonds. The number of methoxy groups -OCH3 is 1. The molecule has 0 aliphatic carbocycles. The fraction of sp³-hybridized carbons (Fsp3) is 0.133. The molecule has 140 valence electrons. The van der Waals surface area contributed by atoms with Crippen molar-refractivity contribution in [2.24, 2.45) is 10.3 Å². The molecule has 0 spiro atoms. The van der Waals surface area contributed by atoms with Gasteiger partial charge in [0.2, 0.25) is 20.0 Å². The van der Waals surface area contributed by atoms with Crippen LogP contribution in [0, 0.1) is 6.92 Å². The SMILES string of the molecule is COc1ccc(S(N)(=O)=O)cc1C(=O)Nc1ccc(C)c(S(N)(=O)=O)c1. The predicted molar refractivity (Wildman–Crippen MR) is 94.9 cm³/mol. The summed E-state index contributed by atoms with van der Waals surface area (Å²) in [5, 5.41) is 12.7. The summed E-state index contributed by atoms with van der Waals surface area (Å²) in [5.74, 6) is -0.592. The van der Waals surface area contributed by atoms with Gasteiger partial charge in [0.15, 0.2) is 0 Å². The van der Waals surface area contributed by atoms with E-state index in [1.165, 1.54) is 37.4 Å². The quantitative estimate of drug-likeness (QED) is 0.666. The maximum absolute atomic E-state index is 12.5. The number of aryl methyl sites for hydroxylation is 1. The molecule has 0 aliphatic rings. The van der Waals surface area contributed by atoms with Crippen LogP contribution in [0.2, 0.25) is 0 Å². The summed E-state index contributed by atoms with van der Waals surface area (Å²) in [4.78, 5) is 12.1. The number of carbonyl (C=O) groups is 1. The van der Waals surface area contributed by atoms with Crippen LogP contribution < -0.4 is 20.3 Å². The van der Waals surface area contributed by atoms with Gasteiger partial charge in [0.05, 0.1) is 22.5 Å². The Morgan fingerprint density at radius 3 is 2.19 bits per heavy atom. The van der Waals surface area contributed by atoms with Crippen molar-refractivity contribution in [3.05, 3.63) is 47.5 Å². The van der Waals surface area contributed by atoms with Gasteiger partial charge in [-0.15, -0.1) is 0 Å². The average Bonchev–Trinajstić information content (AvgIpc) is 2.54. The van der Waals surface area contributed by atoms with Gasteiger partial charge in [-0.1, -0.05) is 6.07 Å². The van der Waals surface area contributed by atoms with Crippen LogP contribution in [0.5, 0.6) is 5.75 Å². The van der Waals surface area contributed by atoms with Gasteiger partial charge in [0, 0.05) is 5.69 Å². The molecule has 0 aromatic heterocycles. The number of rotatable bonds is 5. The first-order valence-corrected chi connectivity index (χ1v) is 10.2. The Bertz CT molecular complexity index is 1080. The lowest BCUT2D eigenvalue weighted by atomic mass is 10.1. The van der Waals surface area contributed by atoms with Crippen molar-refractivity contribution in [1.82, 2.24) is 0 Å². The first-order valence-electron chi connectivity index (χ1n) is 7.09. The third kappa shape index (κ3) is 4.38. The second-order valence-corrected chi connectivity index (χ2v) is 8.48. The number of amides is 1. The van der Waals surface area contributed by atoms with Crippen LogP contribution in [0.25, 0.3) is 0 Å². The Hall–Kier alpha value is -2.47. The van der Waals surface area contributed by atoms with E-state index in [2.05, 4.69) is 5.32 Å². The van der Waals surface area contributed by atoms with Gasteiger partial charge in [0.1, 0.15) is 5.75 Å². The van der Waals surface area contributed by atoms with E-state index in [1.807, 2.05) is 0 Å². The molecule has 2 aromatic rings. The zero-order chi connectivity index (χ0) is 19.7. The molecule has 0 saturated carbocycles. The topological polar surface area (TPSA) is 159 Å². The molecule has 26 heavy (non-hydrogen) atoms. The normalized spacial score (nSPS) is 11.8. The third-order valence-electron chi connectivity index (χ3n) is 3.50. The van der Waals surface area contributed by atoms with Crippen LogP contribution in [0.1, 0.15) is 15.9 Å². The monoisotopic (exact) mass is 399 g/mol. The van der Waals surface area contributed by atoms with E-state index < -0.39 is 26.0 Å². The van der Waals surface area contributed by atoms with E-state index >= 15 is 0 Å². The summed E-state index contributed by atoms with van der Waals surface area (Å²) in [6.07, 6.45) is 0. The summed E-state index contributed by atoms with van der Waals surface area (Å²) >= 11 is 0. The van der Waals surface area contributed by atoms with E-state index in [-0.39, 0.29) is 26.8 Å². The van der Waals surface area contributed by atoms with E-state index in [1.54, 1.807) is 6.92 Å². The number of nitrogens with one attached hydrogen (secondary N) is 1. The van der Waals surface area contributed by atoms with E-state index in [0.29, 0.717) is 5.56 Å². The molecule has 5 N–H and O–H groups in total. The second kappa shape index (κ2) is 7.03. The fourth-order valence-electron chi connectivity index (χ4n) is 2.22. The zero-order valence-electron chi connectivity index (χ0n) is 13.9. The number of carbonyl (C=O) groups excluding carboxylic acids is 1. The van der Waals surface area contributed by atoms with Crippen LogP contribution in [-0.4, -0.2) is 29.9 Å². The second-order valence-electron chi connectivity index (χ2n) is 5.39. The zero-order valence-corrected chi connectivity index (χ0v) is 15.5. The molecule has 0 atom stereocenters. The van der Waals surface area contributed by atoms with Gasteiger partial charge < -0.3 is 10.1 Å². The molecular formula is C15H17N3O6S2. The fourth-order valence-corrected chi connectivity index (χ4v) is 3.57. The smallest absolute Gasteiger partial charge is 0.259 e. The highest BCUT2D eigenvalue weighted by Gasteiger charge is 2.19. The van der Waals surface area contributed by atoms with Crippen molar-refractivity contribution < 1.29 is 26.4 Å². The minimum atomic E-state index is -4.02. The van der Waals surface area contributed by atoms with Gasteiger partial charge in [-0.05, 0) is 42.8 Å². The van der Waals surface area contributed by atoms with E-state index in [9.17, 15) is 21.6 Å². The van der Waals surface area contributed by atoms with Crippen molar-refractivity contribution in [2.75, 3.05) is 12.4 Å². The number of sulfonamides is 2. The lowest BCUT2D eigenvalue weighted by molar-refractivity contribution is 0.102. The summed E-state index contributed by atoms with van der Waals surface area (Å²) in [7, 11) is -6.67. The number of benzene rings is 2. The van der Waals surface area contributed by atoms with Gasteiger partial charge >= 0.3 is 0 Å². The molecule has 11 heteroatoms. The van der Waals surface area contributed by atoms with Gasteiger partial charge in [0.25, 0.3) is 5.91 Å². The standard InChI is InChI=1S/C15H17N3O6S2/c1-9-3-4-10(7-14(9)26(17,22)23)18-15(19)12-8-11(25(16,20)21)5-6-13(12)24-2/h3-8H,1-2H3,(H,18,19)(H2,16,20,21)(H2,17,22,23). The van der Waals surface area contributed by atoms with Gasteiger partial charge in [-0.3, -0.25) is 4.79 Å². The minimum absolute atomic E-state index is 0.0863. The minimum Gasteiger partial charge on any atom is -0.496 e. The molecule has 0 aliphatic heterocycles. The van der Waals surface area contributed by atoms with Crippen molar-refractivity contribution in [2.45, 2.75) is 16.7 Å². The van der Waals surface area contributed by atoms with E-state index in [4.69, 9.17) is 15.0 Å². The molecule has 2 aromatic carbocycles. The maximum Gasteiger partial charge on any atom is 0.259 e. The first kappa shape index (κ1) is 19.8. The Labute approximate surface area is 151 Å². The number of hydrogen-bond acceptors (Lipinski definition) is 6. The van der Waals surface area contributed by atoms with Crippen LogP contribution in [-0.2, 0) is 20.0 Å². The van der Waals surface area contributed by atoms with Crippen molar-refractivity contribution in [3.63, 3.8) is 0 Å². The van der Waals surface area contributed by atoms with Crippen LogP contribution in [0.3, 0.4) is 0 Å². The maximum atomic E-state index is 12.5. The molecule has 0 unspecified atom stereocenters. The van der Waals surface area contributed by atoms with Crippen LogP contribution in [0.4, 0.5) is 5.69 Å². The Morgan fingerprint density at radius 1 is 1.00 bits per heavy atom. The summed E-state index contributed by atoms with van der Waals surface area (Å²) in [6, 6.07) is 7.73. The first-order chi connectivity index (χ1) is 11.9. The summed E-state index contributed by atoms with van der Waals surface area (Å²) in [5.41, 5.74) is 0.490. The number of hydrogen-bond donors (Lipinski definition) is 3. The Balaban J connectivity index is 2.45. The Kier molecular flexibility index (Phi) is 5.37. The number of nitrogens with two attached hydrogens (primary N) is 2. The summed E-state index contributed by atoms with van der Waals surface area (Å²) in [6.45, 7) is 1.56. The molecule has 9 nitrogen and oxygen atoms in total. The van der Waals surface area contributed by atoms with Crippen molar-refractivity contribution >= 4 is 31.6 Å². The van der Waals surface area contributed by atoms with Gasteiger partial charge in [-0.2, -0.15) is 0 Å². The predicted octanol–water partition coefficient (Wildman–Crippen LogP) is 0.551. The Morgan fingerprint density at radius 2 is 1.65 bits per heavy atom. The van der Waals surface area contributed by atoms with Crippen LogP contribution >= 0.6 is 0 Å². The van der Waals surface area contributed by atoms with E-state index in [0.717, 1.165) is 6.07 Å². The lowest BCUT2D eigenvalue weighted by Crippen LogP contribution is -2.18. The van der Waals surface area contributed by atoms with Crippen LogP contribution in [0.15, 0.2) is 46.2 Å². The van der Waals surface area contributed by atoms with Crippen molar-refractivity contribution in [1.29, 1.82) is 0 Å². The number of primary sulfonamides is 2. The molecule has 0 heterocycles. The highest BCUT2D eigenvalue weighted by Crippen LogP contribution is 2.24. The molecule has 0 bridgehead atoms. The third-order valence-corrected chi connectivity index (χ3v) is 5.46. The lowest BCUT2D eigenvalue weighted by Gasteiger charge is -2.12. The number of ether oxygens (including phenoxy) is 1. The largest absolute Gasteiger partial charge is 0.496 e. The highest BCUT2D eigenvalue weighted by atomic mass is 32.2. The number of anilines is 1. The van der Waals surface area contributed by atoms with Crippen molar-refractivity contribution in [3.8, 4) is 5.75 Å². The molecule has 0 fully saturated rings. The average molecular weight is 399 g/mol. The van der Waals surface area contributed by atoms with Gasteiger partial charge in [-0.25, -0.2) is 27.1 Å². The highest BCUT2D eigenvalue weighted by molar-refractivity contribution is 7.89. The molecule has 0 saturated heterocycles. The molecule has 0 radical (unpaired) electrons. The molecule has 2 rings (SSSR count). The summed E-state index contributed by atoms with van der Waals surface area (Å²) < 4.78 is 51.2.